The van der Waals surface area contributed by atoms with Crippen LogP contribution in [0.15, 0.2) is 18.2 Å². The van der Waals surface area contributed by atoms with Gasteiger partial charge in [-0.05, 0) is 31.0 Å². The van der Waals surface area contributed by atoms with Crippen molar-refractivity contribution >= 4 is 5.69 Å². The van der Waals surface area contributed by atoms with E-state index in [9.17, 15) is 13.2 Å². The number of benzene rings is 1. The summed E-state index contributed by atoms with van der Waals surface area (Å²) in [6.45, 7) is 4.02. The van der Waals surface area contributed by atoms with Gasteiger partial charge < -0.3 is 5.32 Å². The maximum atomic E-state index is 13.0. The second-order valence-corrected chi connectivity index (χ2v) is 4.79. The van der Waals surface area contributed by atoms with Crippen LogP contribution in [-0.2, 0) is 6.18 Å². The van der Waals surface area contributed by atoms with Gasteiger partial charge in [-0.15, -0.1) is 0 Å². The molecule has 0 aliphatic heterocycles. The Labute approximate surface area is 117 Å². The molecule has 0 saturated heterocycles. The van der Waals surface area contributed by atoms with E-state index in [0.29, 0.717) is 0 Å². The highest BCUT2D eigenvalue weighted by Gasteiger charge is 2.34. The third-order valence-corrected chi connectivity index (χ3v) is 3.09. The van der Waals surface area contributed by atoms with E-state index in [4.69, 9.17) is 5.26 Å². The van der Waals surface area contributed by atoms with Gasteiger partial charge in [0.15, 0.2) is 0 Å². The molecule has 0 unspecified atom stereocenters. The Bertz CT molecular complexity index is 469. The van der Waals surface area contributed by atoms with Crippen LogP contribution in [0, 0.1) is 11.3 Å². The number of nitrogens with one attached hydrogen (secondary N) is 1. The lowest BCUT2D eigenvalue weighted by molar-refractivity contribution is -0.137. The normalized spacial score (nSPS) is 11.4. The maximum Gasteiger partial charge on any atom is 0.418 e. The van der Waals surface area contributed by atoms with Crippen molar-refractivity contribution in [3.8, 4) is 6.07 Å². The van der Waals surface area contributed by atoms with Crippen molar-refractivity contribution in [2.75, 3.05) is 5.32 Å². The molecule has 20 heavy (non-hydrogen) atoms. The highest BCUT2D eigenvalue weighted by atomic mass is 19.4. The van der Waals surface area contributed by atoms with Crippen molar-refractivity contribution in [3.63, 3.8) is 0 Å². The number of rotatable bonds is 6. The first-order chi connectivity index (χ1) is 9.42. The van der Waals surface area contributed by atoms with Crippen molar-refractivity contribution in [2.24, 2.45) is 0 Å². The Morgan fingerprint density at radius 3 is 2.25 bits per heavy atom. The Kier molecular flexibility index (Phi) is 5.87. The monoisotopic (exact) mass is 284 g/mol. The number of nitriles is 1. The van der Waals surface area contributed by atoms with E-state index >= 15 is 0 Å². The molecule has 1 aromatic carbocycles. The molecule has 2 nitrogen and oxygen atoms in total. The molecular formula is C15H19F3N2. The van der Waals surface area contributed by atoms with Gasteiger partial charge in [-0.25, -0.2) is 0 Å². The van der Waals surface area contributed by atoms with Crippen molar-refractivity contribution < 1.29 is 13.2 Å². The Morgan fingerprint density at radius 1 is 1.20 bits per heavy atom. The second kappa shape index (κ2) is 7.18. The lowest BCUT2D eigenvalue weighted by Gasteiger charge is -2.22. The van der Waals surface area contributed by atoms with Crippen molar-refractivity contribution in [1.29, 1.82) is 5.26 Å². The summed E-state index contributed by atoms with van der Waals surface area (Å²) in [5.74, 6) is 0. The van der Waals surface area contributed by atoms with Gasteiger partial charge in [0, 0.05) is 11.7 Å². The Hall–Kier alpha value is -1.70. The van der Waals surface area contributed by atoms with Crippen LogP contribution < -0.4 is 5.32 Å². The molecule has 1 rings (SSSR count). The number of hydrogen-bond donors (Lipinski definition) is 1. The summed E-state index contributed by atoms with van der Waals surface area (Å²) < 4.78 is 39.1. The van der Waals surface area contributed by atoms with Crippen LogP contribution in [0.1, 0.15) is 50.7 Å². The van der Waals surface area contributed by atoms with E-state index in [2.05, 4.69) is 5.32 Å². The molecular weight excluding hydrogens is 265 g/mol. The van der Waals surface area contributed by atoms with Gasteiger partial charge in [0.05, 0.1) is 17.2 Å². The van der Waals surface area contributed by atoms with Crippen LogP contribution in [0.3, 0.4) is 0 Å². The number of halogens is 3. The third kappa shape index (κ3) is 4.44. The first-order valence-electron chi connectivity index (χ1n) is 6.80. The zero-order chi connectivity index (χ0) is 15.2. The molecule has 0 saturated carbocycles. The Balaban J connectivity index is 3.07. The molecule has 0 aromatic heterocycles. The lowest BCUT2D eigenvalue weighted by atomic mass is 10.0. The van der Waals surface area contributed by atoms with Crippen LogP contribution in [0.2, 0.25) is 0 Å². The molecule has 1 aromatic rings. The zero-order valence-corrected chi connectivity index (χ0v) is 11.7. The number of anilines is 1. The summed E-state index contributed by atoms with van der Waals surface area (Å²) in [6, 6.07) is 5.43. The summed E-state index contributed by atoms with van der Waals surface area (Å²) in [7, 11) is 0. The smallest absolute Gasteiger partial charge is 0.382 e. The van der Waals surface area contributed by atoms with Gasteiger partial charge in [0.25, 0.3) is 0 Å². The van der Waals surface area contributed by atoms with Crippen LogP contribution in [0.25, 0.3) is 0 Å². The van der Waals surface area contributed by atoms with E-state index in [0.717, 1.165) is 31.7 Å². The topological polar surface area (TPSA) is 35.8 Å². The van der Waals surface area contributed by atoms with Crippen molar-refractivity contribution in [1.82, 2.24) is 0 Å². The molecule has 0 radical (unpaired) electrons. The summed E-state index contributed by atoms with van der Waals surface area (Å²) >= 11 is 0. The minimum absolute atomic E-state index is 0.0189. The second-order valence-electron chi connectivity index (χ2n) is 4.79. The fourth-order valence-electron chi connectivity index (χ4n) is 2.18. The standard InChI is InChI=1S/C15H19F3N2/c1-3-5-12(6-4-2)20-14-8-7-11(10-19)9-13(14)15(16,17)18/h7-9,12,20H,3-6H2,1-2H3. The van der Waals surface area contributed by atoms with Crippen LogP contribution in [-0.4, -0.2) is 6.04 Å². The van der Waals surface area contributed by atoms with E-state index in [1.54, 1.807) is 6.07 Å². The fourth-order valence-corrected chi connectivity index (χ4v) is 2.18. The summed E-state index contributed by atoms with van der Waals surface area (Å²) in [6.07, 6.45) is -0.987. The predicted molar refractivity (Wildman–Crippen MR) is 73.4 cm³/mol. The number of alkyl halides is 3. The summed E-state index contributed by atoms with van der Waals surface area (Å²) in [5.41, 5.74) is -0.692. The third-order valence-electron chi connectivity index (χ3n) is 3.09. The average molecular weight is 284 g/mol. The minimum Gasteiger partial charge on any atom is -0.382 e. The maximum absolute atomic E-state index is 13.0. The zero-order valence-electron chi connectivity index (χ0n) is 11.7. The number of nitrogens with zero attached hydrogens (tertiary/aromatic N) is 1. The largest absolute Gasteiger partial charge is 0.418 e. The van der Waals surface area contributed by atoms with E-state index in [1.807, 2.05) is 13.8 Å². The van der Waals surface area contributed by atoms with Gasteiger partial charge in [-0.3, -0.25) is 0 Å². The minimum atomic E-state index is -4.46. The molecule has 0 aliphatic carbocycles. The first-order valence-corrected chi connectivity index (χ1v) is 6.80. The molecule has 0 amide bonds. The van der Waals surface area contributed by atoms with E-state index < -0.39 is 11.7 Å². The highest BCUT2D eigenvalue weighted by molar-refractivity contribution is 5.56. The molecule has 1 N–H and O–H groups in total. The van der Waals surface area contributed by atoms with Gasteiger partial charge in [0.2, 0.25) is 0 Å². The lowest BCUT2D eigenvalue weighted by Crippen LogP contribution is -2.21. The molecule has 0 spiro atoms. The summed E-state index contributed by atoms with van der Waals surface area (Å²) in [4.78, 5) is 0. The molecule has 0 aliphatic rings. The predicted octanol–water partition coefficient (Wildman–Crippen LogP) is 4.96. The fraction of sp³-hybridized carbons (Fsp3) is 0.533. The van der Waals surface area contributed by atoms with Gasteiger partial charge in [-0.2, -0.15) is 18.4 Å². The van der Waals surface area contributed by atoms with Crippen molar-refractivity contribution in [3.05, 3.63) is 29.3 Å². The van der Waals surface area contributed by atoms with Gasteiger partial charge in [-0.1, -0.05) is 26.7 Å². The highest BCUT2D eigenvalue weighted by Crippen LogP contribution is 2.36. The number of hydrogen-bond acceptors (Lipinski definition) is 2. The van der Waals surface area contributed by atoms with Gasteiger partial charge in [0.1, 0.15) is 0 Å². The molecule has 110 valence electrons. The van der Waals surface area contributed by atoms with E-state index in [1.165, 1.54) is 12.1 Å². The molecule has 0 bridgehead atoms. The molecule has 0 heterocycles. The van der Waals surface area contributed by atoms with Crippen LogP contribution in [0.4, 0.5) is 18.9 Å². The Morgan fingerprint density at radius 2 is 1.80 bits per heavy atom. The first kappa shape index (κ1) is 16.4. The van der Waals surface area contributed by atoms with Gasteiger partial charge >= 0.3 is 6.18 Å². The summed E-state index contributed by atoms with van der Waals surface area (Å²) in [5, 5.41) is 11.7. The average Bonchev–Trinajstić information content (AvgIpc) is 2.38. The van der Waals surface area contributed by atoms with Crippen LogP contribution >= 0.6 is 0 Å². The SMILES string of the molecule is CCCC(CCC)Nc1ccc(C#N)cc1C(F)(F)F. The molecule has 0 atom stereocenters. The molecule has 0 fully saturated rings. The molecule has 5 heteroatoms. The quantitative estimate of drug-likeness (QED) is 0.801. The van der Waals surface area contributed by atoms with E-state index in [-0.39, 0.29) is 17.3 Å². The van der Waals surface area contributed by atoms with Crippen molar-refractivity contribution in [2.45, 2.75) is 51.7 Å². The van der Waals surface area contributed by atoms with Crippen LogP contribution in [0.5, 0.6) is 0 Å².